The number of hydrogen-bond acceptors (Lipinski definition) is 3. The normalized spacial score (nSPS) is 15.4. The fourth-order valence-electron chi connectivity index (χ4n) is 4.24. The van der Waals surface area contributed by atoms with Crippen LogP contribution in [0.25, 0.3) is 0 Å². The molecule has 0 saturated carbocycles. The lowest BCUT2D eigenvalue weighted by Gasteiger charge is -2.14. The van der Waals surface area contributed by atoms with E-state index in [1.165, 1.54) is 76.2 Å². The highest BCUT2D eigenvalue weighted by Gasteiger charge is 2.16. The number of amides is 1. The first-order valence-electron chi connectivity index (χ1n) is 11.5. The van der Waals surface area contributed by atoms with Crippen molar-refractivity contribution >= 4 is 5.91 Å². The zero-order valence-corrected chi connectivity index (χ0v) is 17.4. The first-order valence-corrected chi connectivity index (χ1v) is 11.5. The number of carbonyl (C=O) groups excluding carboxylic acids is 1. The van der Waals surface area contributed by atoms with E-state index < -0.39 is 0 Å². The maximum absolute atomic E-state index is 12.0. The van der Waals surface area contributed by atoms with Crippen molar-refractivity contribution in [1.82, 2.24) is 4.90 Å². The number of unbranched alkanes of at least 4 members (excludes halogenated alkanes) is 9. The standard InChI is InChI=1S/C24H37NO3/c26-24(25-17-11-12-18-25)14-10-8-6-4-2-1-3-5-7-9-13-21-15-16-22-23(19-21)28-20-27-22/h15-16,19H,1-14,17-18,20H2. The highest BCUT2D eigenvalue weighted by molar-refractivity contribution is 5.76. The van der Waals surface area contributed by atoms with E-state index in [1.807, 2.05) is 11.0 Å². The van der Waals surface area contributed by atoms with Crippen LogP contribution >= 0.6 is 0 Å². The van der Waals surface area contributed by atoms with Crippen LogP contribution in [0.5, 0.6) is 11.5 Å². The maximum atomic E-state index is 12.0. The molecule has 2 aliphatic rings. The molecule has 0 atom stereocenters. The molecule has 1 fully saturated rings. The summed E-state index contributed by atoms with van der Waals surface area (Å²) in [5.41, 5.74) is 1.35. The fourth-order valence-corrected chi connectivity index (χ4v) is 4.24. The Morgan fingerprint density at radius 3 is 2.11 bits per heavy atom. The lowest BCUT2D eigenvalue weighted by molar-refractivity contribution is -0.130. The van der Waals surface area contributed by atoms with Crippen LogP contribution in [-0.4, -0.2) is 30.7 Å². The molecule has 0 N–H and O–H groups in total. The third-order valence-corrected chi connectivity index (χ3v) is 6.00. The molecule has 3 rings (SSSR count). The van der Waals surface area contributed by atoms with Gasteiger partial charge in [0.15, 0.2) is 11.5 Å². The van der Waals surface area contributed by atoms with Gasteiger partial charge in [0.25, 0.3) is 0 Å². The van der Waals surface area contributed by atoms with Crippen LogP contribution in [0.1, 0.15) is 89.0 Å². The molecule has 0 aromatic heterocycles. The van der Waals surface area contributed by atoms with Gasteiger partial charge < -0.3 is 14.4 Å². The fraction of sp³-hybridized carbons (Fsp3) is 0.708. The molecule has 1 aromatic rings. The highest BCUT2D eigenvalue weighted by atomic mass is 16.7. The Bertz CT molecular complexity index is 596. The molecule has 1 aromatic carbocycles. The lowest BCUT2D eigenvalue weighted by atomic mass is 10.0. The van der Waals surface area contributed by atoms with Gasteiger partial charge in [0.1, 0.15) is 0 Å². The van der Waals surface area contributed by atoms with E-state index in [1.54, 1.807) is 0 Å². The first kappa shape index (κ1) is 21.0. The quantitative estimate of drug-likeness (QED) is 0.397. The largest absolute Gasteiger partial charge is 0.454 e. The van der Waals surface area contributed by atoms with Crippen LogP contribution in [0.4, 0.5) is 0 Å². The molecule has 0 spiro atoms. The van der Waals surface area contributed by atoms with E-state index in [0.29, 0.717) is 12.7 Å². The van der Waals surface area contributed by atoms with Crippen molar-refractivity contribution in [2.75, 3.05) is 19.9 Å². The minimum Gasteiger partial charge on any atom is -0.454 e. The van der Waals surface area contributed by atoms with Crippen molar-refractivity contribution in [2.45, 2.75) is 89.9 Å². The Morgan fingerprint density at radius 2 is 1.39 bits per heavy atom. The maximum Gasteiger partial charge on any atom is 0.231 e. The second-order valence-electron chi connectivity index (χ2n) is 8.31. The molecule has 4 nitrogen and oxygen atoms in total. The monoisotopic (exact) mass is 387 g/mol. The van der Waals surface area contributed by atoms with E-state index in [-0.39, 0.29) is 0 Å². The van der Waals surface area contributed by atoms with Gasteiger partial charge >= 0.3 is 0 Å². The molecule has 28 heavy (non-hydrogen) atoms. The van der Waals surface area contributed by atoms with E-state index in [9.17, 15) is 4.79 Å². The van der Waals surface area contributed by atoms with Gasteiger partial charge in [-0.05, 0) is 49.8 Å². The molecule has 2 aliphatic heterocycles. The number of hydrogen-bond donors (Lipinski definition) is 0. The van der Waals surface area contributed by atoms with Crippen LogP contribution in [-0.2, 0) is 11.2 Å². The van der Waals surface area contributed by atoms with Crippen LogP contribution < -0.4 is 9.47 Å². The Morgan fingerprint density at radius 1 is 0.786 bits per heavy atom. The predicted molar refractivity (Wildman–Crippen MR) is 113 cm³/mol. The SMILES string of the molecule is O=C(CCCCCCCCCCCCc1ccc2c(c1)OCO2)N1CCCC1. The second kappa shape index (κ2) is 12.0. The van der Waals surface area contributed by atoms with E-state index in [0.717, 1.165) is 43.9 Å². The average Bonchev–Trinajstić information content (AvgIpc) is 3.40. The van der Waals surface area contributed by atoms with Gasteiger partial charge in [-0.15, -0.1) is 0 Å². The minimum absolute atomic E-state index is 0.357. The molecule has 1 saturated heterocycles. The minimum atomic E-state index is 0.357. The van der Waals surface area contributed by atoms with E-state index in [2.05, 4.69) is 12.1 Å². The summed E-state index contributed by atoms with van der Waals surface area (Å²) < 4.78 is 10.8. The van der Waals surface area contributed by atoms with Gasteiger partial charge in [-0.3, -0.25) is 4.79 Å². The number of carbonyl (C=O) groups is 1. The van der Waals surface area contributed by atoms with Gasteiger partial charge in [0.05, 0.1) is 0 Å². The van der Waals surface area contributed by atoms with Gasteiger partial charge in [0, 0.05) is 19.5 Å². The Balaban J connectivity index is 1.09. The first-order chi connectivity index (χ1) is 13.8. The van der Waals surface area contributed by atoms with Gasteiger partial charge in [-0.2, -0.15) is 0 Å². The summed E-state index contributed by atoms with van der Waals surface area (Å²) in [5.74, 6) is 2.16. The van der Waals surface area contributed by atoms with Crippen LogP contribution in [0.3, 0.4) is 0 Å². The Kier molecular flexibility index (Phi) is 8.99. The number of likely N-dealkylation sites (tertiary alicyclic amines) is 1. The van der Waals surface area contributed by atoms with Gasteiger partial charge in [-0.25, -0.2) is 0 Å². The number of aryl methyl sites for hydroxylation is 1. The van der Waals surface area contributed by atoms with Crippen molar-refractivity contribution in [3.63, 3.8) is 0 Å². The van der Waals surface area contributed by atoms with Crippen LogP contribution in [0.15, 0.2) is 18.2 Å². The molecule has 156 valence electrons. The predicted octanol–water partition coefficient (Wildman–Crippen LogP) is 5.87. The number of ether oxygens (including phenoxy) is 2. The molecular formula is C24H37NO3. The van der Waals surface area contributed by atoms with E-state index in [4.69, 9.17) is 9.47 Å². The smallest absolute Gasteiger partial charge is 0.231 e. The van der Waals surface area contributed by atoms with E-state index >= 15 is 0 Å². The Labute approximate surface area is 170 Å². The summed E-state index contributed by atoms with van der Waals surface area (Å²) >= 11 is 0. The van der Waals surface area contributed by atoms with Gasteiger partial charge in [0.2, 0.25) is 12.7 Å². The van der Waals surface area contributed by atoms with Crippen molar-refractivity contribution in [3.8, 4) is 11.5 Å². The number of rotatable bonds is 13. The zero-order valence-electron chi connectivity index (χ0n) is 17.4. The zero-order chi connectivity index (χ0) is 19.4. The highest BCUT2D eigenvalue weighted by Crippen LogP contribution is 2.32. The summed E-state index contributed by atoms with van der Waals surface area (Å²) in [6.07, 6.45) is 17.2. The second-order valence-corrected chi connectivity index (χ2v) is 8.31. The molecular weight excluding hydrogens is 350 g/mol. The van der Waals surface area contributed by atoms with Gasteiger partial charge in [-0.1, -0.05) is 57.4 Å². The summed E-state index contributed by atoms with van der Waals surface area (Å²) in [5, 5.41) is 0. The van der Waals surface area contributed by atoms with Crippen LogP contribution in [0, 0.1) is 0 Å². The summed E-state index contributed by atoms with van der Waals surface area (Å²) in [4.78, 5) is 14.0. The summed E-state index contributed by atoms with van der Waals surface area (Å²) in [7, 11) is 0. The third kappa shape index (κ3) is 7.03. The lowest BCUT2D eigenvalue weighted by Crippen LogP contribution is -2.27. The molecule has 2 heterocycles. The molecule has 1 amide bonds. The van der Waals surface area contributed by atoms with Crippen molar-refractivity contribution < 1.29 is 14.3 Å². The van der Waals surface area contributed by atoms with Crippen molar-refractivity contribution in [3.05, 3.63) is 23.8 Å². The molecule has 0 bridgehead atoms. The number of nitrogens with zero attached hydrogens (tertiary/aromatic N) is 1. The van der Waals surface area contributed by atoms with Crippen LogP contribution in [0.2, 0.25) is 0 Å². The average molecular weight is 388 g/mol. The molecule has 0 unspecified atom stereocenters. The van der Waals surface area contributed by atoms with Crippen molar-refractivity contribution in [2.24, 2.45) is 0 Å². The number of benzene rings is 1. The van der Waals surface area contributed by atoms with Crippen molar-refractivity contribution in [1.29, 1.82) is 0 Å². The molecule has 0 aliphatic carbocycles. The topological polar surface area (TPSA) is 38.8 Å². The Hall–Kier alpha value is -1.71. The molecule has 4 heteroatoms. The summed E-state index contributed by atoms with van der Waals surface area (Å²) in [6.45, 7) is 2.35. The molecule has 0 radical (unpaired) electrons. The summed E-state index contributed by atoms with van der Waals surface area (Å²) in [6, 6.07) is 6.31. The third-order valence-electron chi connectivity index (χ3n) is 6.00. The number of fused-ring (bicyclic) bond motifs is 1.